The summed E-state index contributed by atoms with van der Waals surface area (Å²) in [6.45, 7) is 3.80. The SMILES string of the molecule is C=CC(N)C(N)(CCC[Si](OC)(OC)OC)Cc1ccccc1. The normalized spacial score (nSPS) is 15.9. The van der Waals surface area contributed by atoms with Crippen LogP contribution in [0.3, 0.4) is 0 Å². The maximum absolute atomic E-state index is 6.63. The van der Waals surface area contributed by atoms with Crippen LogP contribution in [0.15, 0.2) is 43.0 Å². The first-order valence-corrected chi connectivity index (χ1v) is 9.75. The summed E-state index contributed by atoms with van der Waals surface area (Å²) in [5.41, 5.74) is 13.5. The fourth-order valence-corrected chi connectivity index (χ4v) is 4.50. The van der Waals surface area contributed by atoms with Crippen LogP contribution in [0.1, 0.15) is 18.4 Å². The third-order valence-electron chi connectivity index (χ3n) is 4.35. The van der Waals surface area contributed by atoms with E-state index in [4.69, 9.17) is 24.7 Å². The second-order valence-electron chi connectivity index (χ2n) is 5.81. The highest BCUT2D eigenvalue weighted by Gasteiger charge is 2.39. The minimum Gasteiger partial charge on any atom is -0.377 e. The molecule has 0 heterocycles. The van der Waals surface area contributed by atoms with E-state index >= 15 is 0 Å². The molecule has 0 saturated carbocycles. The first kappa shape index (κ1) is 20.0. The summed E-state index contributed by atoms with van der Waals surface area (Å²) in [4.78, 5) is 0. The highest BCUT2D eigenvalue weighted by atomic mass is 28.4. The van der Waals surface area contributed by atoms with E-state index in [9.17, 15) is 0 Å². The predicted molar refractivity (Wildman–Crippen MR) is 96.1 cm³/mol. The molecule has 1 aromatic rings. The second kappa shape index (κ2) is 9.32. The average molecular weight is 339 g/mol. The second-order valence-corrected chi connectivity index (χ2v) is 8.90. The molecular weight excluding hydrogens is 308 g/mol. The van der Waals surface area contributed by atoms with E-state index in [2.05, 4.69) is 18.7 Å². The lowest BCUT2D eigenvalue weighted by molar-refractivity contribution is 0.122. The number of hydrogen-bond acceptors (Lipinski definition) is 5. The Kier molecular flexibility index (Phi) is 8.11. The maximum atomic E-state index is 6.63. The highest BCUT2D eigenvalue weighted by molar-refractivity contribution is 6.60. The smallest absolute Gasteiger partial charge is 0.377 e. The first-order chi connectivity index (χ1) is 10.9. The molecule has 0 radical (unpaired) electrons. The van der Waals surface area contributed by atoms with Crippen LogP contribution in [0, 0.1) is 0 Å². The summed E-state index contributed by atoms with van der Waals surface area (Å²) in [5.74, 6) is 0. The van der Waals surface area contributed by atoms with Crippen LogP contribution in [0.25, 0.3) is 0 Å². The molecule has 6 heteroatoms. The molecule has 1 rings (SSSR count). The standard InChI is InChI=1S/C17H30N2O3Si/c1-5-16(18)17(19,14-15-10-7-6-8-11-15)12-9-13-23(20-2,21-3)22-4/h5-8,10-11,16H,1,9,12-14,18-19H2,2-4H3. The van der Waals surface area contributed by atoms with Crippen LogP contribution in [0.4, 0.5) is 0 Å². The van der Waals surface area contributed by atoms with Gasteiger partial charge < -0.3 is 24.7 Å². The largest absolute Gasteiger partial charge is 0.500 e. The predicted octanol–water partition coefficient (Wildman–Crippen LogP) is 2.10. The Balaban J connectivity index is 2.77. The highest BCUT2D eigenvalue weighted by Crippen LogP contribution is 2.25. The van der Waals surface area contributed by atoms with E-state index in [-0.39, 0.29) is 6.04 Å². The van der Waals surface area contributed by atoms with Crippen molar-refractivity contribution in [3.05, 3.63) is 48.6 Å². The third kappa shape index (κ3) is 5.52. The van der Waals surface area contributed by atoms with Gasteiger partial charge in [-0.25, -0.2) is 0 Å². The topological polar surface area (TPSA) is 79.7 Å². The van der Waals surface area contributed by atoms with Crippen LogP contribution in [0.2, 0.25) is 6.04 Å². The summed E-state index contributed by atoms with van der Waals surface area (Å²) in [7, 11) is 2.28. The Labute approximate surface area is 141 Å². The minimum atomic E-state index is -2.58. The van der Waals surface area contributed by atoms with Gasteiger partial charge in [0.15, 0.2) is 0 Å². The quantitative estimate of drug-likeness (QED) is 0.477. The molecule has 0 fully saturated rings. The summed E-state index contributed by atoms with van der Waals surface area (Å²) >= 11 is 0. The Bertz CT molecular complexity index is 460. The van der Waals surface area contributed by atoms with Gasteiger partial charge in [-0.1, -0.05) is 36.4 Å². The monoisotopic (exact) mass is 338 g/mol. The van der Waals surface area contributed by atoms with Gasteiger partial charge in [0, 0.05) is 39.0 Å². The van der Waals surface area contributed by atoms with Gasteiger partial charge in [-0.3, -0.25) is 0 Å². The third-order valence-corrected chi connectivity index (χ3v) is 7.18. The number of hydrogen-bond donors (Lipinski definition) is 2. The van der Waals surface area contributed by atoms with Crippen molar-refractivity contribution in [1.29, 1.82) is 0 Å². The van der Waals surface area contributed by atoms with Crippen LogP contribution in [-0.2, 0) is 19.7 Å². The zero-order chi connectivity index (χ0) is 17.3. The maximum Gasteiger partial charge on any atom is 0.500 e. The molecule has 2 unspecified atom stereocenters. The molecule has 0 amide bonds. The van der Waals surface area contributed by atoms with Crippen LogP contribution in [0.5, 0.6) is 0 Å². The zero-order valence-corrected chi connectivity index (χ0v) is 15.5. The van der Waals surface area contributed by atoms with Crippen LogP contribution in [-0.4, -0.2) is 41.7 Å². The van der Waals surface area contributed by atoms with Crippen molar-refractivity contribution in [2.45, 2.75) is 36.9 Å². The van der Waals surface area contributed by atoms with Crippen LogP contribution < -0.4 is 11.5 Å². The van der Waals surface area contributed by atoms with Crippen molar-refractivity contribution < 1.29 is 13.3 Å². The average Bonchev–Trinajstić information content (AvgIpc) is 2.59. The first-order valence-electron chi connectivity index (χ1n) is 7.81. The molecule has 0 bridgehead atoms. The Morgan fingerprint density at radius 1 is 1.17 bits per heavy atom. The van der Waals surface area contributed by atoms with Gasteiger partial charge in [0.25, 0.3) is 0 Å². The van der Waals surface area contributed by atoms with Gasteiger partial charge in [0.05, 0.1) is 0 Å². The van der Waals surface area contributed by atoms with Gasteiger partial charge in [-0.15, -0.1) is 6.58 Å². The Morgan fingerprint density at radius 2 is 1.74 bits per heavy atom. The fourth-order valence-electron chi connectivity index (χ4n) is 2.77. The summed E-state index contributed by atoms with van der Waals surface area (Å²) < 4.78 is 16.4. The molecule has 5 nitrogen and oxygen atoms in total. The van der Waals surface area contributed by atoms with E-state index in [1.54, 1.807) is 27.4 Å². The molecule has 130 valence electrons. The molecule has 0 aromatic heterocycles. The fraction of sp³-hybridized carbons (Fsp3) is 0.529. The lowest BCUT2D eigenvalue weighted by Crippen LogP contribution is -2.56. The molecule has 0 aliphatic rings. The summed E-state index contributed by atoms with van der Waals surface area (Å²) in [6.07, 6.45) is 3.96. The van der Waals surface area contributed by atoms with Crippen molar-refractivity contribution in [3.63, 3.8) is 0 Å². The molecule has 0 spiro atoms. The van der Waals surface area contributed by atoms with E-state index in [0.29, 0.717) is 12.5 Å². The minimum absolute atomic E-state index is 0.286. The van der Waals surface area contributed by atoms with Gasteiger partial charge in [0.2, 0.25) is 0 Å². The molecular formula is C17H30N2O3Si. The van der Waals surface area contributed by atoms with Gasteiger partial charge >= 0.3 is 8.80 Å². The Hall–Kier alpha value is -1.02. The van der Waals surface area contributed by atoms with Crippen molar-refractivity contribution in [1.82, 2.24) is 0 Å². The van der Waals surface area contributed by atoms with Gasteiger partial charge in [0.1, 0.15) is 0 Å². The van der Waals surface area contributed by atoms with Crippen molar-refractivity contribution in [2.75, 3.05) is 21.3 Å². The number of benzene rings is 1. The Morgan fingerprint density at radius 3 is 2.22 bits per heavy atom. The molecule has 2 atom stereocenters. The number of rotatable bonds is 11. The van der Waals surface area contributed by atoms with E-state index < -0.39 is 14.3 Å². The number of nitrogens with two attached hydrogens (primary N) is 2. The molecule has 23 heavy (non-hydrogen) atoms. The summed E-state index contributed by atoms with van der Waals surface area (Å²) in [5, 5.41) is 0. The molecule has 1 aromatic carbocycles. The lowest BCUT2D eigenvalue weighted by atomic mass is 9.81. The summed E-state index contributed by atoms with van der Waals surface area (Å²) in [6, 6.07) is 10.6. The molecule has 0 aliphatic heterocycles. The van der Waals surface area contributed by atoms with Crippen molar-refractivity contribution in [3.8, 4) is 0 Å². The van der Waals surface area contributed by atoms with Gasteiger partial charge in [-0.2, -0.15) is 0 Å². The zero-order valence-electron chi connectivity index (χ0n) is 14.5. The van der Waals surface area contributed by atoms with Crippen molar-refractivity contribution >= 4 is 8.80 Å². The van der Waals surface area contributed by atoms with E-state index in [1.807, 2.05) is 18.2 Å². The van der Waals surface area contributed by atoms with Gasteiger partial charge in [-0.05, 0) is 24.8 Å². The molecule has 0 saturated heterocycles. The van der Waals surface area contributed by atoms with E-state index in [0.717, 1.165) is 12.8 Å². The molecule has 0 aliphatic carbocycles. The van der Waals surface area contributed by atoms with E-state index in [1.165, 1.54) is 5.56 Å². The van der Waals surface area contributed by atoms with Crippen LogP contribution >= 0.6 is 0 Å². The molecule has 4 N–H and O–H groups in total. The lowest BCUT2D eigenvalue weighted by Gasteiger charge is -2.35. The van der Waals surface area contributed by atoms with Crippen molar-refractivity contribution in [2.24, 2.45) is 11.5 Å².